The van der Waals surface area contributed by atoms with Crippen LogP contribution >= 0.6 is 0 Å². The number of pyridine rings is 1. The first-order valence-electron chi connectivity index (χ1n) is 10.7. The summed E-state index contributed by atoms with van der Waals surface area (Å²) in [4.78, 5) is 36.5. The summed E-state index contributed by atoms with van der Waals surface area (Å²) in [5, 5.41) is 10.2. The molecule has 0 unspecified atom stereocenters. The first-order valence-corrected chi connectivity index (χ1v) is 10.7. The number of rotatable bonds is 6. The van der Waals surface area contributed by atoms with Crippen LogP contribution in [0.2, 0.25) is 0 Å². The molecule has 0 bridgehead atoms. The van der Waals surface area contributed by atoms with Crippen molar-refractivity contribution in [3.8, 4) is 0 Å². The van der Waals surface area contributed by atoms with Crippen molar-refractivity contribution >= 4 is 11.9 Å². The van der Waals surface area contributed by atoms with Gasteiger partial charge in [0.05, 0.1) is 5.92 Å². The molecule has 2 aliphatic rings. The number of carboxylic acids is 1. The number of amides is 1. The molecule has 29 heavy (non-hydrogen) atoms. The number of likely N-dealkylation sites (tertiary alicyclic amines) is 1. The molecule has 2 aliphatic heterocycles. The molecule has 3 atom stereocenters. The summed E-state index contributed by atoms with van der Waals surface area (Å²) in [6, 6.07) is 3.53. The highest BCUT2D eigenvalue weighted by atomic mass is 16.4. The smallest absolute Gasteiger partial charge is 0.324 e. The van der Waals surface area contributed by atoms with E-state index >= 15 is 0 Å². The number of piperazine rings is 1. The molecule has 2 fully saturated rings. The maximum Gasteiger partial charge on any atom is 0.324 e. The Labute approximate surface area is 173 Å². The molecule has 0 saturated carbocycles. The Kier molecular flexibility index (Phi) is 6.58. The third kappa shape index (κ3) is 4.16. The highest BCUT2D eigenvalue weighted by Crippen LogP contribution is 2.49. The molecule has 3 heterocycles. The van der Waals surface area contributed by atoms with Gasteiger partial charge in [0.15, 0.2) is 0 Å². The average Bonchev–Trinajstić information content (AvgIpc) is 3.01. The number of carboxylic acid groups (broad SMARTS) is 1. The second-order valence-corrected chi connectivity index (χ2v) is 8.85. The van der Waals surface area contributed by atoms with Gasteiger partial charge in [-0.3, -0.25) is 19.5 Å². The fourth-order valence-electron chi connectivity index (χ4n) is 5.13. The van der Waals surface area contributed by atoms with E-state index in [9.17, 15) is 14.7 Å². The van der Waals surface area contributed by atoms with E-state index in [0.29, 0.717) is 25.9 Å². The summed E-state index contributed by atoms with van der Waals surface area (Å²) in [5.41, 5.74) is -0.132. The molecule has 2 saturated heterocycles. The Morgan fingerprint density at radius 1 is 1.28 bits per heavy atom. The van der Waals surface area contributed by atoms with E-state index in [1.807, 2.05) is 42.8 Å². The molecular weight excluding hydrogens is 368 g/mol. The van der Waals surface area contributed by atoms with Crippen LogP contribution in [-0.2, 0) is 9.59 Å². The van der Waals surface area contributed by atoms with Gasteiger partial charge >= 0.3 is 5.97 Å². The predicted octanol–water partition coefficient (Wildman–Crippen LogP) is 2.11. The molecule has 0 aliphatic carbocycles. The molecule has 0 aromatic carbocycles. The largest absolute Gasteiger partial charge is 0.480 e. The first kappa shape index (κ1) is 21.7. The van der Waals surface area contributed by atoms with Crippen molar-refractivity contribution in [1.29, 1.82) is 0 Å². The standard InChI is InChI=1S/C22H34N4O3/c1-5-25-9-11-26(12-10-25)20(27)18-14-22(21(28)29,13-16(2)3)24(4)19(18)17-7-6-8-23-15-17/h6-8,15-16,18-19H,5,9-14H2,1-4H3,(H,28,29)/t18-,19-,22-/m0/s1. The number of hydrogen-bond donors (Lipinski definition) is 1. The van der Waals surface area contributed by atoms with Gasteiger partial charge in [-0.2, -0.15) is 0 Å². The lowest BCUT2D eigenvalue weighted by Crippen LogP contribution is -2.50. The Morgan fingerprint density at radius 3 is 2.48 bits per heavy atom. The van der Waals surface area contributed by atoms with Crippen LogP contribution in [0, 0.1) is 11.8 Å². The predicted molar refractivity (Wildman–Crippen MR) is 111 cm³/mol. The Hall–Kier alpha value is -1.99. The molecular formula is C22H34N4O3. The Bertz CT molecular complexity index is 718. The van der Waals surface area contributed by atoms with Gasteiger partial charge in [-0.25, -0.2) is 0 Å². The minimum Gasteiger partial charge on any atom is -0.480 e. The Morgan fingerprint density at radius 2 is 1.97 bits per heavy atom. The van der Waals surface area contributed by atoms with E-state index in [2.05, 4.69) is 16.8 Å². The fourth-order valence-corrected chi connectivity index (χ4v) is 5.13. The van der Waals surface area contributed by atoms with Crippen molar-refractivity contribution in [3.63, 3.8) is 0 Å². The minimum absolute atomic E-state index is 0.0772. The van der Waals surface area contributed by atoms with E-state index in [1.54, 1.807) is 12.4 Å². The fraction of sp³-hybridized carbons (Fsp3) is 0.682. The number of carbonyl (C=O) groups excluding carboxylic acids is 1. The number of aromatic nitrogens is 1. The van der Waals surface area contributed by atoms with E-state index in [1.165, 1.54) is 0 Å². The van der Waals surface area contributed by atoms with Crippen LogP contribution in [0.1, 0.15) is 45.2 Å². The van der Waals surface area contributed by atoms with Gasteiger partial charge in [-0.1, -0.05) is 26.8 Å². The molecule has 0 spiro atoms. The van der Waals surface area contributed by atoms with E-state index in [4.69, 9.17) is 0 Å². The van der Waals surface area contributed by atoms with E-state index < -0.39 is 11.5 Å². The first-order chi connectivity index (χ1) is 13.8. The van der Waals surface area contributed by atoms with Crippen LogP contribution < -0.4 is 0 Å². The molecule has 3 rings (SSSR count). The summed E-state index contributed by atoms with van der Waals surface area (Å²) in [7, 11) is 1.86. The van der Waals surface area contributed by atoms with Crippen LogP contribution in [0.25, 0.3) is 0 Å². The second-order valence-electron chi connectivity index (χ2n) is 8.85. The van der Waals surface area contributed by atoms with Gasteiger partial charge in [0, 0.05) is 44.6 Å². The van der Waals surface area contributed by atoms with Crippen LogP contribution in [0.3, 0.4) is 0 Å². The van der Waals surface area contributed by atoms with E-state index in [0.717, 1.165) is 25.2 Å². The van der Waals surface area contributed by atoms with Crippen molar-refractivity contribution in [2.75, 3.05) is 39.8 Å². The summed E-state index contributed by atoms with van der Waals surface area (Å²) >= 11 is 0. The number of aliphatic carboxylic acids is 1. The number of carbonyl (C=O) groups is 2. The van der Waals surface area contributed by atoms with Gasteiger partial charge < -0.3 is 14.9 Å². The lowest BCUT2D eigenvalue weighted by atomic mass is 9.83. The summed E-state index contributed by atoms with van der Waals surface area (Å²) in [6.07, 6.45) is 4.33. The second kappa shape index (κ2) is 8.79. The highest BCUT2D eigenvalue weighted by molar-refractivity contribution is 5.85. The van der Waals surface area contributed by atoms with Gasteiger partial charge in [-0.15, -0.1) is 0 Å². The zero-order valence-electron chi connectivity index (χ0n) is 18.0. The van der Waals surface area contributed by atoms with Gasteiger partial charge in [0.2, 0.25) is 5.91 Å². The van der Waals surface area contributed by atoms with Crippen molar-refractivity contribution < 1.29 is 14.7 Å². The molecule has 1 amide bonds. The molecule has 0 radical (unpaired) electrons. The molecule has 7 heteroatoms. The van der Waals surface area contributed by atoms with Gasteiger partial charge in [0.1, 0.15) is 5.54 Å². The van der Waals surface area contributed by atoms with Crippen LogP contribution in [0.15, 0.2) is 24.5 Å². The summed E-state index contributed by atoms with van der Waals surface area (Å²) < 4.78 is 0. The minimum atomic E-state index is -1.04. The molecule has 160 valence electrons. The average molecular weight is 403 g/mol. The van der Waals surface area contributed by atoms with E-state index in [-0.39, 0.29) is 23.8 Å². The SMILES string of the molecule is CCN1CCN(C(=O)[C@H]2C[C@@](CC(C)C)(C(=O)O)N(C)[C@H]2c2cccnc2)CC1. The maximum absolute atomic E-state index is 13.6. The van der Waals surface area contributed by atoms with Crippen molar-refractivity contribution in [2.45, 2.75) is 45.2 Å². The topological polar surface area (TPSA) is 77.0 Å². The van der Waals surface area contributed by atoms with Gasteiger partial charge in [-0.05, 0) is 44.0 Å². The molecule has 1 aromatic rings. The number of likely N-dealkylation sites (N-methyl/N-ethyl adjacent to an activating group) is 2. The quantitative estimate of drug-likeness (QED) is 0.785. The van der Waals surface area contributed by atoms with Crippen molar-refractivity contribution in [3.05, 3.63) is 30.1 Å². The highest BCUT2D eigenvalue weighted by Gasteiger charge is 2.57. The van der Waals surface area contributed by atoms with Crippen LogP contribution in [-0.4, -0.2) is 82.0 Å². The zero-order valence-corrected chi connectivity index (χ0v) is 18.0. The number of nitrogens with zero attached hydrogens (tertiary/aromatic N) is 4. The third-order valence-electron chi connectivity index (χ3n) is 6.65. The zero-order chi connectivity index (χ0) is 21.2. The maximum atomic E-state index is 13.6. The lowest BCUT2D eigenvalue weighted by Gasteiger charge is -2.37. The molecule has 1 N–H and O–H groups in total. The van der Waals surface area contributed by atoms with Gasteiger partial charge in [0.25, 0.3) is 0 Å². The normalized spacial score (nSPS) is 28.8. The molecule has 7 nitrogen and oxygen atoms in total. The number of hydrogen-bond acceptors (Lipinski definition) is 5. The van der Waals surface area contributed by atoms with Crippen LogP contribution in [0.4, 0.5) is 0 Å². The summed E-state index contributed by atoms with van der Waals surface area (Å²) in [6.45, 7) is 10.4. The molecule has 1 aromatic heterocycles. The van der Waals surface area contributed by atoms with Crippen LogP contribution in [0.5, 0.6) is 0 Å². The third-order valence-corrected chi connectivity index (χ3v) is 6.65. The summed E-state index contributed by atoms with van der Waals surface area (Å²) in [5.74, 6) is -0.931. The monoisotopic (exact) mass is 402 g/mol. The van der Waals surface area contributed by atoms with Crippen molar-refractivity contribution in [1.82, 2.24) is 19.7 Å². The lowest BCUT2D eigenvalue weighted by molar-refractivity contribution is -0.151. The van der Waals surface area contributed by atoms with Crippen molar-refractivity contribution in [2.24, 2.45) is 11.8 Å². The Balaban J connectivity index is 1.94.